The third-order valence-electron chi connectivity index (χ3n) is 4.42. The number of amides is 3. The molecular formula is C24H19ClFIN4O5. The molecule has 3 amide bonds. The zero-order valence-electron chi connectivity index (χ0n) is 18.7. The molecule has 0 bridgehead atoms. The standard InChI is InChI=1S/C24H19ClFIN4O5/c1-35-20-10-14(12-28-31-24(34)23(33)30-19-8-3-2-7-17(19)26)9-18(27)22(20)36-13-21(32)29-16-6-4-5-15(25)11-16/h2-12H,13H2,1H3,(H,29,32)(H,30,33)(H,31,34)/b28-12-. The van der Waals surface area contributed by atoms with Gasteiger partial charge in [0.1, 0.15) is 5.82 Å². The Hall–Kier alpha value is -3.71. The largest absolute Gasteiger partial charge is 0.493 e. The highest BCUT2D eigenvalue weighted by atomic mass is 127. The normalized spacial score (nSPS) is 10.6. The quantitative estimate of drug-likeness (QED) is 0.150. The van der Waals surface area contributed by atoms with Gasteiger partial charge >= 0.3 is 11.8 Å². The van der Waals surface area contributed by atoms with E-state index in [1.807, 2.05) is 22.6 Å². The van der Waals surface area contributed by atoms with Crippen LogP contribution >= 0.6 is 34.2 Å². The van der Waals surface area contributed by atoms with Crippen molar-refractivity contribution >= 4 is 69.5 Å². The van der Waals surface area contributed by atoms with Crippen LogP contribution in [0.5, 0.6) is 11.5 Å². The van der Waals surface area contributed by atoms with E-state index >= 15 is 0 Å². The van der Waals surface area contributed by atoms with Crippen LogP contribution in [0.3, 0.4) is 0 Å². The van der Waals surface area contributed by atoms with Gasteiger partial charge in [0, 0.05) is 10.7 Å². The monoisotopic (exact) mass is 624 g/mol. The molecule has 9 nitrogen and oxygen atoms in total. The summed E-state index contributed by atoms with van der Waals surface area (Å²) in [4.78, 5) is 36.1. The molecule has 0 aliphatic rings. The van der Waals surface area contributed by atoms with Crippen LogP contribution in [0.2, 0.25) is 5.02 Å². The maximum absolute atomic E-state index is 13.6. The van der Waals surface area contributed by atoms with Gasteiger partial charge in [-0.2, -0.15) is 5.10 Å². The van der Waals surface area contributed by atoms with Crippen LogP contribution in [-0.2, 0) is 14.4 Å². The van der Waals surface area contributed by atoms with Gasteiger partial charge in [-0.3, -0.25) is 14.4 Å². The fourth-order valence-electron chi connectivity index (χ4n) is 2.81. The summed E-state index contributed by atoms with van der Waals surface area (Å²) in [5, 5.41) is 9.08. The summed E-state index contributed by atoms with van der Waals surface area (Å²) in [5.74, 6) is -2.57. The molecule has 0 saturated carbocycles. The van der Waals surface area contributed by atoms with Crippen molar-refractivity contribution in [3.63, 3.8) is 0 Å². The first kappa shape index (κ1) is 26.9. The molecule has 0 spiro atoms. The predicted molar refractivity (Wildman–Crippen MR) is 142 cm³/mol. The number of halogens is 3. The van der Waals surface area contributed by atoms with Gasteiger partial charge in [-0.05, 0) is 70.6 Å². The van der Waals surface area contributed by atoms with Crippen LogP contribution in [0, 0.1) is 9.39 Å². The highest BCUT2D eigenvalue weighted by Gasteiger charge is 2.16. The van der Waals surface area contributed by atoms with Crippen LogP contribution in [-0.4, -0.2) is 37.7 Å². The number of carbonyl (C=O) groups excluding carboxylic acids is 3. The minimum absolute atomic E-state index is 0.127. The van der Waals surface area contributed by atoms with Crippen LogP contribution in [0.15, 0.2) is 65.8 Å². The molecule has 186 valence electrons. The van der Waals surface area contributed by atoms with Crippen molar-refractivity contribution in [1.29, 1.82) is 0 Å². The Bertz CT molecular complexity index is 1320. The van der Waals surface area contributed by atoms with E-state index in [0.717, 1.165) is 6.07 Å². The molecule has 3 aromatic carbocycles. The number of hydrogen-bond donors (Lipinski definition) is 3. The fourth-order valence-corrected chi connectivity index (χ4v) is 3.78. The number of hydrogen-bond acceptors (Lipinski definition) is 6. The summed E-state index contributed by atoms with van der Waals surface area (Å²) in [6, 6.07) is 15.4. The highest BCUT2D eigenvalue weighted by Crippen LogP contribution is 2.33. The number of benzene rings is 3. The van der Waals surface area contributed by atoms with Crippen molar-refractivity contribution in [3.05, 3.63) is 80.6 Å². The topological polar surface area (TPSA) is 118 Å². The minimum Gasteiger partial charge on any atom is -0.493 e. The first-order valence-electron chi connectivity index (χ1n) is 10.2. The van der Waals surface area contributed by atoms with Gasteiger partial charge in [0.25, 0.3) is 5.91 Å². The number of nitrogens with zero attached hydrogens (tertiary/aromatic N) is 1. The van der Waals surface area contributed by atoms with Gasteiger partial charge in [-0.1, -0.05) is 29.8 Å². The molecule has 0 saturated heterocycles. The Morgan fingerprint density at radius 3 is 2.56 bits per heavy atom. The van der Waals surface area contributed by atoms with Crippen molar-refractivity contribution in [2.75, 3.05) is 24.4 Å². The number of para-hydroxylation sites is 1. The summed E-state index contributed by atoms with van der Waals surface area (Å²) in [6.07, 6.45) is 1.29. The average molecular weight is 625 g/mol. The maximum Gasteiger partial charge on any atom is 0.329 e. The van der Waals surface area contributed by atoms with Gasteiger partial charge in [-0.15, -0.1) is 0 Å². The van der Waals surface area contributed by atoms with Crippen molar-refractivity contribution < 1.29 is 28.2 Å². The number of ether oxygens (including phenoxy) is 2. The van der Waals surface area contributed by atoms with E-state index in [1.54, 1.807) is 36.4 Å². The third kappa shape index (κ3) is 7.65. The Morgan fingerprint density at radius 1 is 1.06 bits per heavy atom. The summed E-state index contributed by atoms with van der Waals surface area (Å²) in [5.41, 5.74) is 2.99. The minimum atomic E-state index is -1.08. The predicted octanol–water partition coefficient (Wildman–Crippen LogP) is 4.20. The molecule has 3 aromatic rings. The lowest BCUT2D eigenvalue weighted by Crippen LogP contribution is -2.32. The molecule has 0 unspecified atom stereocenters. The number of rotatable bonds is 8. The van der Waals surface area contributed by atoms with Gasteiger partial charge in [-0.25, -0.2) is 9.82 Å². The molecule has 0 aliphatic carbocycles. The number of hydrazone groups is 1. The van der Waals surface area contributed by atoms with Gasteiger partial charge in [0.2, 0.25) is 0 Å². The van der Waals surface area contributed by atoms with E-state index in [9.17, 15) is 18.8 Å². The second-order valence-corrected chi connectivity index (χ2v) is 8.61. The summed E-state index contributed by atoms with van der Waals surface area (Å²) in [6.45, 7) is -0.278. The molecule has 0 fully saturated rings. The lowest BCUT2D eigenvalue weighted by Gasteiger charge is -2.13. The van der Waals surface area contributed by atoms with Crippen LogP contribution in [0.1, 0.15) is 5.56 Å². The molecule has 0 aliphatic heterocycles. The maximum atomic E-state index is 13.6. The van der Waals surface area contributed by atoms with Crippen LogP contribution in [0.4, 0.5) is 15.8 Å². The van der Waals surface area contributed by atoms with Crippen LogP contribution in [0.25, 0.3) is 0 Å². The van der Waals surface area contributed by atoms with Crippen molar-refractivity contribution in [3.8, 4) is 11.5 Å². The van der Waals surface area contributed by atoms with Crippen LogP contribution < -0.4 is 25.5 Å². The van der Waals surface area contributed by atoms with Gasteiger partial charge in [0.15, 0.2) is 18.1 Å². The van der Waals surface area contributed by atoms with Crippen molar-refractivity contribution in [2.45, 2.75) is 0 Å². The first-order valence-corrected chi connectivity index (χ1v) is 11.7. The smallest absolute Gasteiger partial charge is 0.329 e. The average Bonchev–Trinajstić information content (AvgIpc) is 2.84. The molecule has 0 atom stereocenters. The Morgan fingerprint density at radius 2 is 1.83 bits per heavy atom. The van der Waals surface area contributed by atoms with Crippen molar-refractivity contribution in [2.24, 2.45) is 5.10 Å². The highest BCUT2D eigenvalue weighted by molar-refractivity contribution is 14.1. The molecule has 0 heterocycles. The van der Waals surface area contributed by atoms with E-state index in [-0.39, 0.29) is 12.3 Å². The van der Waals surface area contributed by atoms with Crippen molar-refractivity contribution in [1.82, 2.24) is 5.43 Å². The van der Waals surface area contributed by atoms with Gasteiger partial charge in [0.05, 0.1) is 22.6 Å². The van der Waals surface area contributed by atoms with E-state index in [2.05, 4.69) is 21.2 Å². The zero-order valence-corrected chi connectivity index (χ0v) is 21.6. The lowest BCUT2D eigenvalue weighted by molar-refractivity contribution is -0.136. The Balaban J connectivity index is 1.59. The lowest BCUT2D eigenvalue weighted by atomic mass is 10.2. The van der Waals surface area contributed by atoms with E-state index in [1.165, 1.54) is 31.5 Å². The molecule has 12 heteroatoms. The van der Waals surface area contributed by atoms with E-state index in [0.29, 0.717) is 31.3 Å². The summed E-state index contributed by atoms with van der Waals surface area (Å²) < 4.78 is 25.2. The van der Waals surface area contributed by atoms with Gasteiger partial charge < -0.3 is 20.1 Å². The second kappa shape index (κ2) is 12.8. The third-order valence-corrected chi connectivity index (χ3v) is 5.45. The van der Waals surface area contributed by atoms with E-state index in [4.69, 9.17) is 21.1 Å². The molecule has 3 N–H and O–H groups in total. The molecule has 3 rings (SSSR count). The zero-order chi connectivity index (χ0) is 26.1. The Labute approximate surface area is 224 Å². The fraction of sp³-hybridized carbons (Fsp3) is 0.0833. The summed E-state index contributed by atoms with van der Waals surface area (Å²) in [7, 11) is 1.43. The summed E-state index contributed by atoms with van der Waals surface area (Å²) >= 11 is 7.91. The number of nitrogens with one attached hydrogen (secondary N) is 3. The molecule has 0 radical (unpaired) electrons. The SMILES string of the molecule is COc1cc(/C=N\NC(=O)C(=O)Nc2ccccc2F)cc(I)c1OCC(=O)Nc1cccc(Cl)c1. The Kier molecular flexibility index (Phi) is 9.59. The molecule has 36 heavy (non-hydrogen) atoms. The molecule has 0 aromatic heterocycles. The van der Waals surface area contributed by atoms with E-state index < -0.39 is 23.5 Å². The number of methoxy groups -OCH3 is 1. The number of anilines is 2. The second-order valence-electron chi connectivity index (χ2n) is 7.01. The number of carbonyl (C=O) groups is 3. The first-order chi connectivity index (χ1) is 17.3. The molecular weight excluding hydrogens is 606 g/mol.